The highest BCUT2D eigenvalue weighted by Gasteiger charge is 2.26. The number of hydrogen-bond donors (Lipinski definition) is 5. The summed E-state index contributed by atoms with van der Waals surface area (Å²) in [6.45, 7) is 1.19. The minimum absolute atomic E-state index is 0.0511. The van der Waals surface area contributed by atoms with Gasteiger partial charge in [-0.15, -0.1) is 11.8 Å². The summed E-state index contributed by atoms with van der Waals surface area (Å²) in [7, 11) is 0. The van der Waals surface area contributed by atoms with Crippen LogP contribution in [0.25, 0.3) is 10.2 Å². The molecule has 3 aromatic heterocycles. The summed E-state index contributed by atoms with van der Waals surface area (Å²) in [5.74, 6) is 1.14. The van der Waals surface area contributed by atoms with Crippen molar-refractivity contribution in [3.8, 4) is 0 Å². The smallest absolute Gasteiger partial charge is 0.267 e. The first-order chi connectivity index (χ1) is 17.6. The van der Waals surface area contributed by atoms with Crippen molar-refractivity contribution in [3.05, 3.63) is 57.8 Å². The Morgan fingerprint density at radius 3 is 2.81 bits per heavy atom. The van der Waals surface area contributed by atoms with Crippen LogP contribution in [0.2, 0.25) is 0 Å². The van der Waals surface area contributed by atoms with E-state index in [0.717, 1.165) is 56.3 Å². The summed E-state index contributed by atoms with van der Waals surface area (Å²) in [6, 6.07) is 6.68. The molecule has 4 aromatic rings. The molecule has 6 rings (SSSR count). The maximum absolute atomic E-state index is 11.8. The average Bonchev–Trinajstić information content (AvgIpc) is 3.62. The van der Waals surface area contributed by atoms with E-state index in [1.807, 2.05) is 41.7 Å². The molecule has 5 N–H and O–H groups in total. The standard InChI is InChI=1S/C24H27N9OS2/c1-35-16-10-26-23(27-11-16)28-14-3-4-15(9-14)29-24-30-18-5-2-13(8-20(18)36-24)21(25)33-7-6-17-19(12-33)31-32-22(17)34/h2,5,8,10-11,14-15,25H,3-4,6-7,9,12H2,1H3,(H,29,30)(H,26,27,28)(H2,31,32,34)/t14-,15-/m0/s1. The zero-order chi connectivity index (χ0) is 24.6. The minimum Gasteiger partial charge on any atom is -0.359 e. The third-order valence-corrected chi connectivity index (χ3v) is 8.51. The zero-order valence-electron chi connectivity index (χ0n) is 19.8. The number of rotatable bonds is 6. The van der Waals surface area contributed by atoms with Gasteiger partial charge in [-0.3, -0.25) is 15.3 Å². The fourth-order valence-corrected chi connectivity index (χ4v) is 6.24. The number of nitrogens with zero attached hydrogens (tertiary/aromatic N) is 4. The summed E-state index contributed by atoms with van der Waals surface area (Å²) < 4.78 is 1.06. The Kier molecular flexibility index (Phi) is 6.13. The van der Waals surface area contributed by atoms with Crippen LogP contribution >= 0.6 is 23.1 Å². The number of benzene rings is 1. The number of aromatic amines is 2. The Bertz CT molecular complexity index is 1460. The van der Waals surface area contributed by atoms with E-state index in [9.17, 15) is 4.79 Å². The number of anilines is 2. The number of nitrogens with one attached hydrogen (secondary N) is 5. The fraction of sp³-hybridized carbons (Fsp3) is 0.375. The summed E-state index contributed by atoms with van der Waals surface area (Å²) in [6.07, 6.45) is 9.46. The molecule has 1 aliphatic carbocycles. The molecule has 1 aliphatic heterocycles. The second kappa shape index (κ2) is 9.58. The molecule has 0 radical (unpaired) electrons. The number of thioether (sulfide) groups is 1. The van der Waals surface area contributed by atoms with Gasteiger partial charge in [-0.2, -0.15) is 0 Å². The normalized spacial score (nSPS) is 19.4. The lowest BCUT2D eigenvalue weighted by atomic mass is 10.1. The molecule has 0 saturated heterocycles. The highest BCUT2D eigenvalue weighted by molar-refractivity contribution is 7.98. The third-order valence-electron chi connectivity index (χ3n) is 6.88. The molecule has 1 saturated carbocycles. The second-order valence-electron chi connectivity index (χ2n) is 9.20. The van der Waals surface area contributed by atoms with Crippen LogP contribution in [0.4, 0.5) is 11.1 Å². The van der Waals surface area contributed by atoms with Crippen LogP contribution in [0.15, 0.2) is 40.3 Å². The molecule has 12 heteroatoms. The maximum Gasteiger partial charge on any atom is 0.267 e. The van der Waals surface area contributed by atoms with Gasteiger partial charge in [-0.05, 0) is 50.1 Å². The van der Waals surface area contributed by atoms with E-state index in [0.29, 0.717) is 43.4 Å². The molecule has 0 unspecified atom stereocenters. The third kappa shape index (κ3) is 4.58. The zero-order valence-corrected chi connectivity index (χ0v) is 21.4. The molecule has 2 atom stereocenters. The lowest BCUT2D eigenvalue weighted by molar-refractivity contribution is 0.387. The molecule has 186 valence electrons. The molecule has 0 spiro atoms. The van der Waals surface area contributed by atoms with Gasteiger partial charge in [-0.25, -0.2) is 15.0 Å². The van der Waals surface area contributed by atoms with Crippen molar-refractivity contribution < 1.29 is 0 Å². The highest BCUT2D eigenvalue weighted by Crippen LogP contribution is 2.31. The molecular weight excluding hydrogens is 494 g/mol. The van der Waals surface area contributed by atoms with Crippen molar-refractivity contribution in [2.45, 2.75) is 49.2 Å². The monoisotopic (exact) mass is 521 g/mol. The van der Waals surface area contributed by atoms with Crippen LogP contribution in [0, 0.1) is 5.41 Å². The average molecular weight is 522 g/mol. The topological polar surface area (TPSA) is 138 Å². The van der Waals surface area contributed by atoms with Crippen molar-refractivity contribution >= 4 is 50.2 Å². The van der Waals surface area contributed by atoms with E-state index in [-0.39, 0.29) is 5.56 Å². The molecule has 0 bridgehead atoms. The van der Waals surface area contributed by atoms with Gasteiger partial charge in [0.15, 0.2) is 5.13 Å². The summed E-state index contributed by atoms with van der Waals surface area (Å²) in [5, 5.41) is 22.3. The van der Waals surface area contributed by atoms with Crippen molar-refractivity contribution in [1.29, 1.82) is 5.41 Å². The van der Waals surface area contributed by atoms with Crippen molar-refractivity contribution in [3.63, 3.8) is 0 Å². The second-order valence-corrected chi connectivity index (χ2v) is 11.1. The molecular formula is C24H27N9OS2. The van der Waals surface area contributed by atoms with E-state index in [2.05, 4.69) is 30.8 Å². The first kappa shape index (κ1) is 23.0. The first-order valence-corrected chi connectivity index (χ1v) is 14.0. The number of amidine groups is 1. The van der Waals surface area contributed by atoms with Crippen LogP contribution in [-0.2, 0) is 13.0 Å². The highest BCUT2D eigenvalue weighted by atomic mass is 32.2. The van der Waals surface area contributed by atoms with Gasteiger partial charge in [-0.1, -0.05) is 11.3 Å². The molecule has 10 nitrogen and oxygen atoms in total. The Hall–Kier alpha value is -3.38. The van der Waals surface area contributed by atoms with Gasteiger partial charge in [0.2, 0.25) is 5.95 Å². The van der Waals surface area contributed by atoms with Crippen LogP contribution in [-0.4, -0.2) is 60.8 Å². The predicted molar refractivity (Wildman–Crippen MR) is 144 cm³/mol. The van der Waals surface area contributed by atoms with E-state index in [1.54, 1.807) is 23.1 Å². The fourth-order valence-electron chi connectivity index (χ4n) is 4.94. The lowest BCUT2D eigenvalue weighted by Crippen LogP contribution is -2.36. The van der Waals surface area contributed by atoms with Crippen LogP contribution < -0.4 is 16.2 Å². The Morgan fingerprint density at radius 2 is 2.00 bits per heavy atom. The van der Waals surface area contributed by atoms with E-state index in [1.165, 1.54) is 0 Å². The van der Waals surface area contributed by atoms with Crippen LogP contribution in [0.1, 0.15) is 36.1 Å². The number of hydrogen-bond acceptors (Lipinski definition) is 9. The van der Waals surface area contributed by atoms with Crippen molar-refractivity contribution in [1.82, 2.24) is 30.0 Å². The van der Waals surface area contributed by atoms with Crippen molar-refractivity contribution in [2.75, 3.05) is 23.4 Å². The van der Waals surface area contributed by atoms with E-state index < -0.39 is 0 Å². The number of aromatic nitrogens is 5. The van der Waals surface area contributed by atoms with Crippen LogP contribution in [0.3, 0.4) is 0 Å². The van der Waals surface area contributed by atoms with Crippen LogP contribution in [0.5, 0.6) is 0 Å². The SMILES string of the molecule is CSc1cnc(N[C@H]2CC[C@H](Nc3nc4ccc(C(=N)N5CCc6c([nH][nH]c6=O)C5)cc4s3)C2)nc1. The molecule has 0 amide bonds. The Balaban J connectivity index is 1.09. The molecule has 1 aromatic carbocycles. The number of H-pyrrole nitrogens is 2. The quantitative estimate of drug-likeness (QED) is 0.147. The summed E-state index contributed by atoms with van der Waals surface area (Å²) in [4.78, 5) is 28.5. The van der Waals surface area contributed by atoms with Gasteiger partial charge in [0.05, 0.1) is 22.5 Å². The first-order valence-electron chi connectivity index (χ1n) is 12.0. The molecule has 2 aliphatic rings. The van der Waals surface area contributed by atoms with Gasteiger partial charge >= 0.3 is 0 Å². The Morgan fingerprint density at radius 1 is 1.19 bits per heavy atom. The predicted octanol–water partition coefficient (Wildman–Crippen LogP) is 3.65. The molecule has 4 heterocycles. The van der Waals surface area contributed by atoms with E-state index >= 15 is 0 Å². The Labute approximate surface area is 215 Å². The minimum atomic E-state index is -0.0511. The van der Waals surface area contributed by atoms with Gasteiger partial charge in [0.25, 0.3) is 5.56 Å². The maximum atomic E-state index is 11.8. The van der Waals surface area contributed by atoms with Gasteiger partial charge < -0.3 is 20.6 Å². The largest absolute Gasteiger partial charge is 0.359 e. The number of fused-ring (bicyclic) bond motifs is 2. The van der Waals surface area contributed by atoms with Crippen molar-refractivity contribution in [2.24, 2.45) is 0 Å². The lowest BCUT2D eigenvalue weighted by Gasteiger charge is -2.28. The molecule has 36 heavy (non-hydrogen) atoms. The summed E-state index contributed by atoms with van der Waals surface area (Å²) >= 11 is 3.26. The van der Waals surface area contributed by atoms with Gasteiger partial charge in [0.1, 0.15) is 5.84 Å². The number of thiazole rings is 1. The molecule has 1 fully saturated rings. The van der Waals surface area contributed by atoms with Gasteiger partial charge in [0, 0.05) is 47.0 Å². The summed E-state index contributed by atoms with van der Waals surface area (Å²) in [5.41, 5.74) is 3.42. The van der Waals surface area contributed by atoms with E-state index in [4.69, 9.17) is 10.4 Å².